The van der Waals surface area contributed by atoms with Gasteiger partial charge >= 0.3 is 0 Å². The van der Waals surface area contributed by atoms with Crippen molar-refractivity contribution in [3.63, 3.8) is 0 Å². The molecule has 8 nitrogen and oxygen atoms in total. The maximum atomic E-state index is 12.3. The molecule has 1 saturated heterocycles. The van der Waals surface area contributed by atoms with Gasteiger partial charge in [-0.15, -0.1) is 0 Å². The Morgan fingerprint density at radius 1 is 1.26 bits per heavy atom. The zero-order chi connectivity index (χ0) is 19.2. The number of rotatable bonds is 7. The van der Waals surface area contributed by atoms with E-state index in [1.54, 1.807) is 48.4 Å². The average Bonchev–Trinajstić information content (AvgIpc) is 3.34. The van der Waals surface area contributed by atoms with Crippen molar-refractivity contribution in [3.05, 3.63) is 48.4 Å². The first-order valence-corrected chi connectivity index (χ1v) is 8.58. The average molecular weight is 371 g/mol. The Morgan fingerprint density at radius 3 is 2.85 bits per heavy atom. The van der Waals surface area contributed by atoms with E-state index in [1.807, 2.05) is 0 Å². The van der Waals surface area contributed by atoms with Crippen molar-refractivity contribution >= 4 is 23.4 Å². The number of furan rings is 1. The Morgan fingerprint density at radius 2 is 2.11 bits per heavy atom. The molecular weight excluding hydrogens is 350 g/mol. The maximum absolute atomic E-state index is 12.3. The van der Waals surface area contributed by atoms with Crippen LogP contribution in [0.5, 0.6) is 5.75 Å². The van der Waals surface area contributed by atoms with E-state index in [1.165, 1.54) is 6.26 Å². The third-order valence-corrected chi connectivity index (χ3v) is 4.32. The molecule has 0 radical (unpaired) electrons. The third kappa shape index (κ3) is 4.66. The molecule has 8 heteroatoms. The van der Waals surface area contributed by atoms with E-state index in [0.29, 0.717) is 17.2 Å². The predicted octanol–water partition coefficient (Wildman–Crippen LogP) is 1.07. The number of carbonyl (C=O) groups excluding carboxylic acids is 3. The lowest BCUT2D eigenvalue weighted by Gasteiger charge is -2.17. The molecule has 0 spiro atoms. The molecule has 27 heavy (non-hydrogen) atoms. The first-order valence-electron chi connectivity index (χ1n) is 8.58. The van der Waals surface area contributed by atoms with Crippen molar-refractivity contribution in [2.45, 2.75) is 13.0 Å². The standard InChI is InChI=1S/C19H21N3O5/c1-26-15-5-2-4-14(9-15)22-12-13(8-18(22)24)19(25)21-11-17(23)20-10-16-6-3-7-27-16/h2-7,9,13H,8,10-12H2,1H3,(H,20,23)(H,21,25). The largest absolute Gasteiger partial charge is 0.497 e. The van der Waals surface area contributed by atoms with Crippen LogP contribution in [0.2, 0.25) is 0 Å². The fraction of sp³-hybridized carbons (Fsp3) is 0.316. The van der Waals surface area contributed by atoms with Crippen molar-refractivity contribution in [1.82, 2.24) is 10.6 Å². The van der Waals surface area contributed by atoms with E-state index in [4.69, 9.17) is 9.15 Å². The van der Waals surface area contributed by atoms with E-state index < -0.39 is 5.92 Å². The van der Waals surface area contributed by atoms with Gasteiger partial charge in [0.15, 0.2) is 0 Å². The quantitative estimate of drug-likeness (QED) is 0.758. The summed E-state index contributed by atoms with van der Waals surface area (Å²) in [5.74, 6) is -0.00528. The Labute approximate surface area is 156 Å². The lowest BCUT2D eigenvalue weighted by Crippen LogP contribution is -2.40. The van der Waals surface area contributed by atoms with E-state index in [-0.39, 0.29) is 43.8 Å². The molecule has 0 saturated carbocycles. The molecule has 1 aliphatic rings. The minimum absolute atomic E-state index is 0.108. The first kappa shape index (κ1) is 18.5. The molecule has 1 fully saturated rings. The molecule has 0 aliphatic carbocycles. The summed E-state index contributed by atoms with van der Waals surface area (Å²) in [5.41, 5.74) is 0.686. The fourth-order valence-corrected chi connectivity index (χ4v) is 2.88. The summed E-state index contributed by atoms with van der Waals surface area (Å²) in [4.78, 5) is 38.0. The van der Waals surface area contributed by atoms with Gasteiger partial charge in [-0.2, -0.15) is 0 Å². The summed E-state index contributed by atoms with van der Waals surface area (Å²) in [5, 5.41) is 5.23. The molecule has 0 bridgehead atoms. The lowest BCUT2D eigenvalue weighted by atomic mass is 10.1. The zero-order valence-corrected chi connectivity index (χ0v) is 14.9. The summed E-state index contributed by atoms with van der Waals surface area (Å²) < 4.78 is 10.3. The smallest absolute Gasteiger partial charge is 0.239 e. The first-order chi connectivity index (χ1) is 13.1. The minimum atomic E-state index is -0.499. The molecule has 142 valence electrons. The molecule has 3 amide bonds. The Hall–Kier alpha value is -3.29. The normalized spacial score (nSPS) is 16.3. The molecule has 2 N–H and O–H groups in total. The van der Waals surface area contributed by atoms with Gasteiger partial charge in [-0.1, -0.05) is 6.07 Å². The Bertz CT molecular complexity index is 819. The summed E-state index contributed by atoms with van der Waals surface area (Å²) in [6.45, 7) is 0.377. The molecule has 1 aliphatic heterocycles. The van der Waals surface area contributed by atoms with Crippen LogP contribution in [-0.2, 0) is 20.9 Å². The number of benzene rings is 1. The molecule has 1 unspecified atom stereocenters. The summed E-state index contributed by atoms with van der Waals surface area (Å²) in [6, 6.07) is 10.6. The second-order valence-electron chi connectivity index (χ2n) is 6.18. The monoisotopic (exact) mass is 371 g/mol. The van der Waals surface area contributed by atoms with Crippen molar-refractivity contribution in [2.75, 3.05) is 25.1 Å². The second kappa shape index (κ2) is 8.39. The number of nitrogens with zero attached hydrogens (tertiary/aromatic N) is 1. The predicted molar refractivity (Wildman–Crippen MR) is 97.0 cm³/mol. The molecule has 2 aromatic rings. The number of nitrogens with one attached hydrogen (secondary N) is 2. The SMILES string of the molecule is COc1cccc(N2CC(C(=O)NCC(=O)NCc3ccco3)CC2=O)c1. The van der Waals surface area contributed by atoms with Crippen molar-refractivity contribution < 1.29 is 23.5 Å². The van der Waals surface area contributed by atoms with E-state index >= 15 is 0 Å². The van der Waals surface area contributed by atoms with E-state index in [2.05, 4.69) is 10.6 Å². The third-order valence-electron chi connectivity index (χ3n) is 4.32. The van der Waals surface area contributed by atoms with E-state index in [0.717, 1.165) is 0 Å². The van der Waals surface area contributed by atoms with Gasteiger partial charge in [0.05, 0.1) is 32.4 Å². The number of hydrogen-bond donors (Lipinski definition) is 2. The lowest BCUT2D eigenvalue weighted by molar-refractivity contribution is -0.129. The van der Waals surface area contributed by atoms with Crippen LogP contribution in [0.3, 0.4) is 0 Å². The Kier molecular flexibility index (Phi) is 5.75. The summed E-state index contributed by atoms with van der Waals surface area (Å²) >= 11 is 0. The van der Waals surface area contributed by atoms with Crippen LogP contribution in [0.25, 0.3) is 0 Å². The number of carbonyl (C=O) groups is 3. The van der Waals surface area contributed by atoms with Gasteiger partial charge in [0.1, 0.15) is 11.5 Å². The van der Waals surface area contributed by atoms with Crippen LogP contribution in [0, 0.1) is 5.92 Å². The van der Waals surface area contributed by atoms with Gasteiger partial charge in [0.25, 0.3) is 0 Å². The van der Waals surface area contributed by atoms with Crippen LogP contribution in [0.4, 0.5) is 5.69 Å². The number of amides is 3. The van der Waals surface area contributed by atoms with Gasteiger partial charge in [0, 0.05) is 24.7 Å². The number of hydrogen-bond acceptors (Lipinski definition) is 5. The van der Waals surface area contributed by atoms with Crippen LogP contribution in [0.1, 0.15) is 12.2 Å². The highest BCUT2D eigenvalue weighted by molar-refractivity contribution is 6.00. The zero-order valence-electron chi connectivity index (χ0n) is 14.9. The minimum Gasteiger partial charge on any atom is -0.497 e. The summed E-state index contributed by atoms with van der Waals surface area (Å²) in [6.07, 6.45) is 1.63. The van der Waals surface area contributed by atoms with Crippen LogP contribution < -0.4 is 20.3 Å². The van der Waals surface area contributed by atoms with Crippen molar-refractivity contribution in [2.24, 2.45) is 5.92 Å². The number of anilines is 1. The van der Waals surface area contributed by atoms with Crippen LogP contribution in [-0.4, -0.2) is 37.9 Å². The molecular formula is C19H21N3O5. The summed E-state index contributed by atoms with van der Waals surface area (Å²) in [7, 11) is 1.55. The number of ether oxygens (including phenoxy) is 1. The van der Waals surface area contributed by atoms with E-state index in [9.17, 15) is 14.4 Å². The Balaban J connectivity index is 1.49. The van der Waals surface area contributed by atoms with Gasteiger partial charge in [-0.3, -0.25) is 14.4 Å². The highest BCUT2D eigenvalue weighted by Crippen LogP contribution is 2.27. The van der Waals surface area contributed by atoms with Gasteiger partial charge in [0.2, 0.25) is 17.7 Å². The van der Waals surface area contributed by atoms with Crippen molar-refractivity contribution in [1.29, 1.82) is 0 Å². The highest BCUT2D eigenvalue weighted by Gasteiger charge is 2.35. The molecule has 1 atom stereocenters. The maximum Gasteiger partial charge on any atom is 0.239 e. The molecule has 2 heterocycles. The molecule has 1 aromatic carbocycles. The topological polar surface area (TPSA) is 101 Å². The van der Waals surface area contributed by atoms with Gasteiger partial charge in [-0.25, -0.2) is 0 Å². The van der Waals surface area contributed by atoms with Crippen LogP contribution >= 0.6 is 0 Å². The highest BCUT2D eigenvalue weighted by atomic mass is 16.5. The van der Waals surface area contributed by atoms with Crippen LogP contribution in [0.15, 0.2) is 47.1 Å². The van der Waals surface area contributed by atoms with Gasteiger partial charge in [-0.05, 0) is 24.3 Å². The molecule has 1 aromatic heterocycles. The fourth-order valence-electron chi connectivity index (χ4n) is 2.88. The number of methoxy groups -OCH3 is 1. The van der Waals surface area contributed by atoms with Crippen molar-refractivity contribution in [3.8, 4) is 5.75 Å². The second-order valence-corrected chi connectivity index (χ2v) is 6.18. The van der Waals surface area contributed by atoms with Gasteiger partial charge < -0.3 is 24.7 Å². The molecule has 3 rings (SSSR count).